The van der Waals surface area contributed by atoms with Crippen molar-refractivity contribution in [3.63, 3.8) is 0 Å². The van der Waals surface area contributed by atoms with Gasteiger partial charge in [-0.05, 0) is 203 Å². The molecule has 42 heteroatoms. The second-order valence-corrected chi connectivity index (χ2v) is 43.2. The smallest absolute Gasteiger partial charge is 0.413 e. The topological polar surface area (TPSA) is 481 Å². The van der Waals surface area contributed by atoms with Crippen LogP contribution in [0.4, 0.5) is 44.9 Å². The number of imidazole rings is 3. The number of allylic oxidation sites excluding steroid dienone is 8. The number of halogens is 1. The summed E-state index contributed by atoms with van der Waals surface area (Å²) in [4.78, 5) is 121. The Morgan fingerprint density at radius 2 is 0.912 bits per heavy atom. The van der Waals surface area contributed by atoms with Crippen LogP contribution < -0.4 is 42.5 Å². The van der Waals surface area contributed by atoms with Gasteiger partial charge in [-0.1, -0.05) is 105 Å². The number of ether oxygens (including phenoxy) is 1. The van der Waals surface area contributed by atoms with Crippen molar-refractivity contribution >= 4 is 140 Å². The molecule has 5 amide bonds. The predicted octanol–water partition coefficient (Wildman–Crippen LogP) is 15.5. The summed E-state index contributed by atoms with van der Waals surface area (Å²) in [6.07, 6.45) is 25.4. The molecule has 1 atom stereocenters. The molecule has 136 heavy (non-hydrogen) atoms. The Morgan fingerprint density at radius 1 is 0.515 bits per heavy atom. The lowest BCUT2D eigenvalue weighted by Gasteiger charge is -2.35. The lowest BCUT2D eigenvalue weighted by molar-refractivity contribution is -0.485. The highest BCUT2D eigenvalue weighted by Gasteiger charge is 2.39. The number of hydrogen-bond acceptors (Lipinski definition) is 19. The van der Waals surface area contributed by atoms with E-state index in [0.29, 0.717) is 97.1 Å². The second-order valence-electron chi connectivity index (χ2n) is 38.1. The van der Waals surface area contributed by atoms with Gasteiger partial charge in [0.2, 0.25) is 23.3 Å². The van der Waals surface area contributed by atoms with Gasteiger partial charge in [-0.3, -0.25) is 49.4 Å². The molecule has 0 spiro atoms. The number of hydrazone groups is 1. The van der Waals surface area contributed by atoms with E-state index >= 15 is 0 Å². The number of hydrogen-bond donors (Lipinski definition) is 12. The number of amides is 5. The summed E-state index contributed by atoms with van der Waals surface area (Å²) in [6.45, 7) is 42.7. The number of aromatic amines is 4. The first-order chi connectivity index (χ1) is 64.5. The fourth-order valence-corrected chi connectivity index (χ4v) is 19.7. The van der Waals surface area contributed by atoms with E-state index in [2.05, 4.69) is 215 Å². The summed E-state index contributed by atoms with van der Waals surface area (Å²) in [5.74, 6) is -0.149. The van der Waals surface area contributed by atoms with Gasteiger partial charge in [0.1, 0.15) is 9.70 Å². The molecule has 2 aromatic carbocycles. The van der Waals surface area contributed by atoms with Crippen LogP contribution in [0.1, 0.15) is 243 Å². The molecule has 3 fully saturated rings. The van der Waals surface area contributed by atoms with Crippen LogP contribution in [0.5, 0.6) is 0 Å². The van der Waals surface area contributed by atoms with E-state index in [0.717, 1.165) is 133 Å². The van der Waals surface area contributed by atoms with Crippen molar-refractivity contribution in [3.8, 4) is 0 Å². The molecule has 16 rings (SSSR count). The number of anilines is 4. The molecule has 0 bridgehead atoms. The molecule has 3 saturated heterocycles. The average Bonchev–Trinajstić information content (AvgIpc) is 1.56. The first kappa shape index (κ1) is 100. The largest absolute Gasteiger partial charge is 0.453 e. The Morgan fingerprint density at radius 3 is 1.28 bits per heavy atom. The fourth-order valence-electron chi connectivity index (χ4n) is 16.9. The Hall–Kier alpha value is -13.4. The molecule has 4 aliphatic heterocycles. The molecule has 716 valence electrons. The van der Waals surface area contributed by atoms with Crippen molar-refractivity contribution in [2.75, 3.05) is 109 Å². The first-order valence-corrected chi connectivity index (χ1v) is 48.2. The number of pyridine rings is 2. The van der Waals surface area contributed by atoms with Crippen LogP contribution in [0.25, 0.3) is 36.8 Å². The number of nitro groups is 1. The number of methoxy groups -OCH3 is 1. The number of nitrogens with zero attached hydrogens (tertiary/aromatic N) is 15. The number of likely N-dealkylation sites (N-methyl/N-ethyl adjacent to an activating group) is 4. The normalized spacial score (nSPS) is 20.1. The van der Waals surface area contributed by atoms with Gasteiger partial charge in [0, 0.05) is 138 Å². The fraction of sp³-hybridized carbons (Fsp3) is 0.436. The number of aromatic nitrogens is 9. The third-order valence-electron chi connectivity index (χ3n) is 25.6. The molecule has 10 heterocycles. The maximum Gasteiger partial charge on any atom is 0.413 e. The SMILES string of the molecule is COC(=O)NC1=NCC(c2ccc(NC(=O)c3ncc(Br)[nH]3)c(C3=CCC(C)(C)CC3)c2)CN1.[C-]#[N+]c1c[nH]c(C(=O)Nc2ccc(C3CN(C)S(=O)(=O)N(C)C3)nc2C2=CCC(C)(C)CC2)c1.[C-]#[N+]c1cnc(C(=O)Nc2ccc(C3CN(C)S(=O)(=O)N(C)C3)nc2C2=CCC(C)(C)CC2)[nH]1.[C-]#[N+]c1cnc(C(=O)Nc2ccc(C3CNC(=N[N+](=O)[O-])NC3)cc2C2=CCC(C)(C)CC2)[nH]1. The molecule has 0 radical (unpaired) electrons. The van der Waals surface area contributed by atoms with Gasteiger partial charge in [-0.15, -0.1) is 0 Å². The first-order valence-electron chi connectivity index (χ1n) is 44.6. The van der Waals surface area contributed by atoms with E-state index in [1.807, 2.05) is 48.5 Å². The second kappa shape index (κ2) is 42.2. The Balaban J connectivity index is 0.000000153. The number of rotatable bonds is 17. The third kappa shape index (κ3) is 25.0. The standard InChI is InChI=1S/C24H29BrN6O3.C24H30N6O3S.C23H26N8O3.C23H29N7O3S/c1-24(2)8-6-14(7-9-24)17-10-15(16-11-27-22(28-12-16)31-23(33)34-3)4-5-18(17)29-21(32)20-26-13-19(25)30-20;1-24(2)10-8-16(9-11-24)22-20(28-23(31)21-12-18(25-3)13-26-21)7-6-19(27-22)17-14-29(4)34(32,33)30(5)15-17;1-23(2)8-6-14(7-9-23)17-10-15(16-11-26-22(27-12-16)30-31(33)34)4-5-18(17)28-21(32)20-25-13-19(24-3)29-20;1-23(2)10-8-15(9-11-23)20-18(27-22(31)21-25-12-19(24-3)28-21)7-6-17(26-20)16-13-29(4)34(32,33)30(5)14-16/h4-6,10,13,16H,7-9,11-12H2,1-3H3,(H,26,30)(H,29,32)(H2,27,28,31,33);6-8,12-13,17,26H,9-11,14-15H2,1-2,4-5H3,(H,28,31);4-6,10,13,16H,7-9,11-12H2,1-2H3,(H,25,29)(H,28,32)(H2,26,27,30);6-8,12,16H,9-11,13-14H2,1-2,4-5H3,(H,25,28)(H,27,31). The molecule has 6 aromatic heterocycles. The molecule has 8 aromatic rings. The van der Waals surface area contributed by atoms with E-state index < -0.39 is 43.4 Å². The van der Waals surface area contributed by atoms with Crippen molar-refractivity contribution in [1.82, 2.24) is 83.3 Å². The van der Waals surface area contributed by atoms with Gasteiger partial charge in [0.05, 0.1) is 67.3 Å². The number of guanidine groups is 2. The average molecular weight is 1960 g/mol. The van der Waals surface area contributed by atoms with E-state index in [-0.39, 0.29) is 92.2 Å². The predicted molar refractivity (Wildman–Crippen MR) is 524 cm³/mol. The number of alkyl carbamates (subject to hydrolysis) is 1. The highest BCUT2D eigenvalue weighted by atomic mass is 79.9. The Kier molecular flexibility index (Phi) is 31.1. The van der Waals surface area contributed by atoms with Crippen molar-refractivity contribution in [2.24, 2.45) is 31.8 Å². The van der Waals surface area contributed by atoms with Gasteiger partial charge >= 0.3 is 17.9 Å². The highest BCUT2D eigenvalue weighted by Crippen LogP contribution is 2.46. The molecule has 1 unspecified atom stereocenters. The number of carbonyl (C=O) groups excluding carboxylic acids is 5. The number of H-pyrrole nitrogens is 4. The molecular weight excluding hydrogens is 1840 g/mol. The summed E-state index contributed by atoms with van der Waals surface area (Å²) in [5.41, 5.74) is 15.9. The van der Waals surface area contributed by atoms with E-state index in [1.165, 1.54) is 60.1 Å². The van der Waals surface area contributed by atoms with Crippen LogP contribution in [-0.2, 0) is 25.2 Å². The zero-order chi connectivity index (χ0) is 97.9. The lowest BCUT2D eigenvalue weighted by Crippen LogP contribution is -2.49. The minimum atomic E-state index is -3.44. The van der Waals surface area contributed by atoms with Gasteiger partial charge in [0.15, 0.2) is 10.9 Å². The van der Waals surface area contributed by atoms with Gasteiger partial charge in [-0.2, -0.15) is 34.1 Å². The Labute approximate surface area is 799 Å². The van der Waals surface area contributed by atoms with Crippen LogP contribution in [0.2, 0.25) is 0 Å². The third-order valence-corrected chi connectivity index (χ3v) is 29.7. The van der Waals surface area contributed by atoms with E-state index in [1.54, 1.807) is 34.4 Å². The summed E-state index contributed by atoms with van der Waals surface area (Å²) in [7, 11) is 0.732. The van der Waals surface area contributed by atoms with Crippen molar-refractivity contribution in [2.45, 2.75) is 156 Å². The summed E-state index contributed by atoms with van der Waals surface area (Å²) in [5, 5.41) is 36.6. The minimum absolute atomic E-state index is 0.0560. The van der Waals surface area contributed by atoms with E-state index in [4.69, 9.17) is 29.7 Å². The van der Waals surface area contributed by atoms with Crippen LogP contribution in [-0.4, -0.2) is 213 Å². The quantitative estimate of drug-likeness (QED) is 0.0229. The molecule has 4 aliphatic carbocycles. The summed E-state index contributed by atoms with van der Waals surface area (Å²) in [6, 6.07) is 20.9. The van der Waals surface area contributed by atoms with Gasteiger partial charge < -0.3 is 61.6 Å². The van der Waals surface area contributed by atoms with Crippen LogP contribution in [0, 0.1) is 51.5 Å². The van der Waals surface area contributed by atoms with Crippen molar-refractivity contribution < 1.29 is 50.6 Å². The molecule has 8 aliphatic rings. The molecule has 0 saturated carbocycles. The van der Waals surface area contributed by atoms with Gasteiger partial charge in [0.25, 0.3) is 49.8 Å². The lowest BCUT2D eigenvalue weighted by atomic mass is 9.76. The van der Waals surface area contributed by atoms with E-state index in [9.17, 15) is 50.9 Å². The van der Waals surface area contributed by atoms with Crippen LogP contribution >= 0.6 is 15.9 Å². The summed E-state index contributed by atoms with van der Waals surface area (Å²) < 4.78 is 60.0. The Bertz CT molecular complexity index is 6250. The maximum atomic E-state index is 12.9. The summed E-state index contributed by atoms with van der Waals surface area (Å²) >= 11 is 3.29. The molecule has 39 nitrogen and oxygen atoms in total. The van der Waals surface area contributed by atoms with Crippen LogP contribution in [0.15, 0.2) is 131 Å². The number of benzene rings is 2. The monoisotopic (exact) mass is 1960 g/mol. The van der Waals surface area contributed by atoms with Crippen LogP contribution in [0.3, 0.4) is 0 Å². The van der Waals surface area contributed by atoms with Crippen molar-refractivity contribution in [1.29, 1.82) is 0 Å². The minimum Gasteiger partial charge on any atom is -0.453 e. The number of nitrogens with one attached hydrogen (secondary N) is 12. The zero-order valence-corrected chi connectivity index (χ0v) is 81.4. The molecular formula is C94H114BrN27O12S2. The zero-order valence-electron chi connectivity index (χ0n) is 78.2. The maximum absolute atomic E-state index is 12.9. The highest BCUT2D eigenvalue weighted by molar-refractivity contribution is 9.10. The van der Waals surface area contributed by atoms with Crippen molar-refractivity contribution in [3.05, 3.63) is 233 Å². The molecule has 12 N–H and O–H groups in total. The van der Waals surface area contributed by atoms with Gasteiger partial charge in [-0.25, -0.2) is 34.7 Å². The number of carbonyl (C=O) groups is 5. The number of aliphatic imine (C=N–C) groups is 1.